The number of amides is 3. The lowest BCUT2D eigenvalue weighted by atomic mass is 10.1. The van der Waals surface area contributed by atoms with Crippen LogP contribution in [-0.4, -0.2) is 52.8 Å². The second kappa shape index (κ2) is 8.26. The quantitative estimate of drug-likeness (QED) is 0.740. The standard InChI is InChI=1S/C14H25N3O3S/c1-9(2)6-13(19)16-11(7-12(15)18)14(20)17-4-5-21-10(3)8-17/h9-11H,4-8H2,1-3H3,(H2,15,18)(H,16,19)/t10-,11-/m0/s1. The maximum Gasteiger partial charge on any atom is 0.245 e. The first kappa shape index (κ1) is 17.8. The molecule has 1 saturated heterocycles. The van der Waals surface area contributed by atoms with Crippen LogP contribution in [0, 0.1) is 5.92 Å². The van der Waals surface area contributed by atoms with Crippen molar-refractivity contribution >= 4 is 29.5 Å². The van der Waals surface area contributed by atoms with Crippen molar-refractivity contribution in [2.24, 2.45) is 11.7 Å². The summed E-state index contributed by atoms with van der Waals surface area (Å²) in [5.74, 6) is 0.0521. The molecule has 1 aliphatic heterocycles. The van der Waals surface area contributed by atoms with Gasteiger partial charge in [-0.1, -0.05) is 20.8 Å². The number of nitrogens with two attached hydrogens (primary N) is 1. The molecule has 0 aromatic heterocycles. The Bertz CT molecular complexity index is 401. The molecule has 0 aliphatic carbocycles. The van der Waals surface area contributed by atoms with Gasteiger partial charge in [-0.15, -0.1) is 0 Å². The number of primary amides is 1. The third-order valence-corrected chi connectivity index (χ3v) is 4.32. The summed E-state index contributed by atoms with van der Waals surface area (Å²) < 4.78 is 0. The zero-order valence-corrected chi connectivity index (χ0v) is 13.7. The third-order valence-electron chi connectivity index (χ3n) is 3.19. The van der Waals surface area contributed by atoms with Crippen LogP contribution in [0.3, 0.4) is 0 Å². The van der Waals surface area contributed by atoms with Gasteiger partial charge in [0, 0.05) is 30.5 Å². The minimum absolute atomic E-state index is 0.152. The number of nitrogens with zero attached hydrogens (tertiary/aromatic N) is 1. The number of hydrogen-bond acceptors (Lipinski definition) is 4. The second-order valence-corrected chi connectivity index (χ2v) is 7.40. The fraction of sp³-hybridized carbons (Fsp3) is 0.786. The van der Waals surface area contributed by atoms with E-state index in [0.29, 0.717) is 24.8 Å². The van der Waals surface area contributed by atoms with E-state index in [1.807, 2.05) is 25.6 Å². The normalized spacial score (nSPS) is 20.2. The highest BCUT2D eigenvalue weighted by Crippen LogP contribution is 2.18. The lowest BCUT2D eigenvalue weighted by Crippen LogP contribution is -2.53. The monoisotopic (exact) mass is 315 g/mol. The van der Waals surface area contributed by atoms with E-state index in [1.165, 1.54) is 0 Å². The van der Waals surface area contributed by atoms with Gasteiger partial charge in [0.25, 0.3) is 0 Å². The topological polar surface area (TPSA) is 92.5 Å². The number of hydrogen-bond donors (Lipinski definition) is 2. The molecular weight excluding hydrogens is 290 g/mol. The van der Waals surface area contributed by atoms with Crippen molar-refractivity contribution in [3.63, 3.8) is 0 Å². The van der Waals surface area contributed by atoms with Crippen molar-refractivity contribution in [1.29, 1.82) is 0 Å². The molecule has 0 saturated carbocycles. The fourth-order valence-electron chi connectivity index (χ4n) is 2.26. The van der Waals surface area contributed by atoms with E-state index in [9.17, 15) is 14.4 Å². The summed E-state index contributed by atoms with van der Waals surface area (Å²) in [6.07, 6.45) is 0.176. The lowest BCUT2D eigenvalue weighted by Gasteiger charge is -2.33. The first-order valence-electron chi connectivity index (χ1n) is 7.27. The number of thioether (sulfide) groups is 1. The van der Waals surface area contributed by atoms with Gasteiger partial charge in [0.15, 0.2) is 0 Å². The van der Waals surface area contributed by atoms with Crippen LogP contribution < -0.4 is 11.1 Å². The molecule has 6 nitrogen and oxygen atoms in total. The number of nitrogens with one attached hydrogen (secondary N) is 1. The van der Waals surface area contributed by atoms with E-state index in [4.69, 9.17) is 5.73 Å². The average molecular weight is 315 g/mol. The number of rotatable bonds is 6. The Labute approximate surface area is 130 Å². The third kappa shape index (κ3) is 6.37. The average Bonchev–Trinajstić information content (AvgIpc) is 2.35. The van der Waals surface area contributed by atoms with Crippen LogP contribution in [0.1, 0.15) is 33.6 Å². The molecule has 0 spiro atoms. The Morgan fingerprint density at radius 3 is 2.52 bits per heavy atom. The summed E-state index contributed by atoms with van der Waals surface area (Å²) in [4.78, 5) is 37.2. The zero-order chi connectivity index (χ0) is 16.0. The summed E-state index contributed by atoms with van der Waals surface area (Å²) in [6, 6.07) is -0.843. The Balaban J connectivity index is 2.69. The van der Waals surface area contributed by atoms with Crippen molar-refractivity contribution < 1.29 is 14.4 Å². The molecule has 3 N–H and O–H groups in total. The van der Waals surface area contributed by atoms with E-state index in [0.717, 1.165) is 5.75 Å². The second-order valence-electron chi connectivity index (χ2n) is 5.85. The van der Waals surface area contributed by atoms with Gasteiger partial charge in [-0.2, -0.15) is 11.8 Å². The number of carbonyl (C=O) groups is 3. The molecular formula is C14H25N3O3S. The smallest absolute Gasteiger partial charge is 0.245 e. The van der Waals surface area contributed by atoms with Crippen LogP contribution in [0.2, 0.25) is 0 Å². The molecule has 1 aliphatic rings. The highest BCUT2D eigenvalue weighted by Gasteiger charge is 2.30. The Morgan fingerprint density at radius 1 is 1.33 bits per heavy atom. The number of carbonyl (C=O) groups excluding carboxylic acids is 3. The molecule has 3 amide bonds. The van der Waals surface area contributed by atoms with E-state index in [-0.39, 0.29) is 24.2 Å². The molecule has 0 aromatic rings. The molecule has 1 rings (SSSR count). The van der Waals surface area contributed by atoms with Crippen LogP contribution in [0.4, 0.5) is 0 Å². The molecule has 0 radical (unpaired) electrons. The van der Waals surface area contributed by atoms with Crippen molar-refractivity contribution in [3.8, 4) is 0 Å². The van der Waals surface area contributed by atoms with Gasteiger partial charge in [0.05, 0.1) is 6.42 Å². The summed E-state index contributed by atoms with van der Waals surface area (Å²) in [5, 5.41) is 3.02. The fourth-order valence-corrected chi connectivity index (χ4v) is 3.28. The largest absolute Gasteiger partial charge is 0.370 e. The summed E-state index contributed by atoms with van der Waals surface area (Å²) in [7, 11) is 0. The van der Waals surface area contributed by atoms with E-state index in [2.05, 4.69) is 12.2 Å². The summed E-state index contributed by atoms with van der Waals surface area (Å²) in [5.41, 5.74) is 5.20. The maximum atomic E-state index is 12.5. The Morgan fingerprint density at radius 2 is 2.00 bits per heavy atom. The summed E-state index contributed by atoms with van der Waals surface area (Å²) >= 11 is 1.81. The first-order chi connectivity index (χ1) is 9.79. The predicted molar refractivity (Wildman–Crippen MR) is 83.7 cm³/mol. The molecule has 120 valence electrons. The van der Waals surface area contributed by atoms with Crippen molar-refractivity contribution in [2.45, 2.75) is 44.9 Å². The van der Waals surface area contributed by atoms with Crippen molar-refractivity contribution in [2.75, 3.05) is 18.8 Å². The van der Waals surface area contributed by atoms with Crippen LogP contribution in [0.5, 0.6) is 0 Å². The molecule has 0 aromatic carbocycles. The SMILES string of the molecule is CC(C)CC(=O)N[C@@H](CC(N)=O)C(=O)N1CCS[C@@H](C)C1. The highest BCUT2D eigenvalue weighted by atomic mass is 32.2. The molecule has 7 heteroatoms. The first-order valence-corrected chi connectivity index (χ1v) is 8.32. The van der Waals surface area contributed by atoms with E-state index in [1.54, 1.807) is 4.90 Å². The molecule has 1 fully saturated rings. The van der Waals surface area contributed by atoms with Gasteiger partial charge in [0.2, 0.25) is 17.7 Å². The predicted octanol–water partition coefficient (Wildman–Crippen LogP) is 0.357. The van der Waals surface area contributed by atoms with Gasteiger partial charge >= 0.3 is 0 Å². The molecule has 21 heavy (non-hydrogen) atoms. The Hall–Kier alpha value is -1.24. The van der Waals surface area contributed by atoms with Crippen molar-refractivity contribution in [1.82, 2.24) is 10.2 Å². The highest BCUT2D eigenvalue weighted by molar-refractivity contribution is 7.99. The van der Waals surface area contributed by atoms with Gasteiger partial charge < -0.3 is 16.0 Å². The van der Waals surface area contributed by atoms with Crippen molar-refractivity contribution in [3.05, 3.63) is 0 Å². The van der Waals surface area contributed by atoms with Crippen LogP contribution in [-0.2, 0) is 14.4 Å². The van der Waals surface area contributed by atoms with Crippen LogP contribution in [0.25, 0.3) is 0 Å². The van der Waals surface area contributed by atoms with E-state index >= 15 is 0 Å². The maximum absolute atomic E-state index is 12.5. The van der Waals surface area contributed by atoms with Gasteiger partial charge in [-0.25, -0.2) is 0 Å². The zero-order valence-electron chi connectivity index (χ0n) is 12.9. The summed E-state index contributed by atoms with van der Waals surface area (Å²) in [6.45, 7) is 7.19. The van der Waals surface area contributed by atoms with E-state index < -0.39 is 11.9 Å². The minimum Gasteiger partial charge on any atom is -0.370 e. The van der Waals surface area contributed by atoms with Crippen LogP contribution in [0.15, 0.2) is 0 Å². The van der Waals surface area contributed by atoms with Crippen LogP contribution >= 0.6 is 11.8 Å². The minimum atomic E-state index is -0.843. The lowest BCUT2D eigenvalue weighted by molar-refractivity contribution is -0.138. The molecule has 0 bridgehead atoms. The Kier molecular flexibility index (Phi) is 7.01. The molecule has 0 unspecified atom stereocenters. The molecule has 1 heterocycles. The van der Waals surface area contributed by atoms with Gasteiger partial charge in [0.1, 0.15) is 6.04 Å². The molecule has 2 atom stereocenters. The van der Waals surface area contributed by atoms with Gasteiger partial charge in [-0.05, 0) is 5.92 Å². The van der Waals surface area contributed by atoms with Gasteiger partial charge in [-0.3, -0.25) is 14.4 Å².